The minimum atomic E-state index is -0.721. The van der Waals surface area contributed by atoms with E-state index in [0.29, 0.717) is 59.8 Å². The van der Waals surface area contributed by atoms with E-state index >= 15 is 0 Å². The maximum atomic E-state index is 14.0. The number of halogens is 3. The van der Waals surface area contributed by atoms with Crippen LogP contribution in [-0.4, -0.2) is 23.8 Å². The van der Waals surface area contributed by atoms with Gasteiger partial charge in [0.15, 0.2) is 16.3 Å². The first-order chi connectivity index (χ1) is 20.7. The van der Waals surface area contributed by atoms with Crippen molar-refractivity contribution in [2.75, 3.05) is 13.2 Å². The summed E-state index contributed by atoms with van der Waals surface area (Å²) in [4.78, 5) is 32.2. The molecule has 0 radical (unpaired) electrons. The van der Waals surface area contributed by atoms with E-state index in [1.165, 1.54) is 11.3 Å². The van der Waals surface area contributed by atoms with Crippen LogP contribution in [0, 0.1) is 0 Å². The fourth-order valence-electron chi connectivity index (χ4n) is 4.68. The van der Waals surface area contributed by atoms with E-state index in [1.54, 1.807) is 48.8 Å². The van der Waals surface area contributed by atoms with Gasteiger partial charge < -0.3 is 14.2 Å². The molecule has 3 aromatic carbocycles. The Morgan fingerprint density at radius 2 is 1.65 bits per heavy atom. The van der Waals surface area contributed by atoms with Crippen LogP contribution in [0.15, 0.2) is 86.2 Å². The summed E-state index contributed by atoms with van der Waals surface area (Å²) >= 11 is 17.0. The summed E-state index contributed by atoms with van der Waals surface area (Å²) in [5.41, 5.74) is 2.92. The van der Waals surface area contributed by atoms with Gasteiger partial charge in [-0.1, -0.05) is 74.7 Å². The van der Waals surface area contributed by atoms with Crippen molar-refractivity contribution < 1.29 is 19.0 Å². The molecule has 4 aromatic rings. The third-order valence-electron chi connectivity index (χ3n) is 6.66. The molecule has 0 N–H and O–H groups in total. The van der Waals surface area contributed by atoms with E-state index in [1.807, 2.05) is 43.3 Å². The van der Waals surface area contributed by atoms with Gasteiger partial charge in [-0.25, -0.2) is 9.79 Å². The van der Waals surface area contributed by atoms with Crippen LogP contribution in [0.2, 0.25) is 10.0 Å². The highest BCUT2D eigenvalue weighted by molar-refractivity contribution is 9.10. The van der Waals surface area contributed by atoms with E-state index in [4.69, 9.17) is 37.4 Å². The van der Waals surface area contributed by atoms with Crippen LogP contribution < -0.4 is 24.4 Å². The summed E-state index contributed by atoms with van der Waals surface area (Å²) < 4.78 is 20.0. The largest absolute Gasteiger partial charge is 0.490 e. The molecule has 2 heterocycles. The summed E-state index contributed by atoms with van der Waals surface area (Å²) in [7, 11) is 0. The Morgan fingerprint density at radius 1 is 1.00 bits per heavy atom. The van der Waals surface area contributed by atoms with E-state index in [9.17, 15) is 9.59 Å². The predicted octanol–water partition coefficient (Wildman–Crippen LogP) is 6.85. The van der Waals surface area contributed by atoms with Crippen molar-refractivity contribution in [1.29, 1.82) is 0 Å². The Balaban J connectivity index is 1.58. The first kappa shape index (κ1) is 31.1. The number of nitrogens with zero attached hydrogens (tertiary/aromatic N) is 2. The minimum absolute atomic E-state index is 0.197. The molecule has 7 nitrogen and oxygen atoms in total. The summed E-state index contributed by atoms with van der Waals surface area (Å²) in [6, 6.07) is 17.4. The molecule has 5 rings (SSSR count). The standard InChI is InChI=1S/C32H27BrCl2N2O5S/c1-4-40-25-14-21(24(33)16-26(25)42-17-19-6-10-22(34)11-7-19)15-27-30(38)37-29(20-8-12-23(35)13-9-20)28(31(39)41-5-2)18(3)36-32(37)43-27/h6-16,29H,4-5,17H2,1-3H3/b27-15-/t29-/m0/s1. The van der Waals surface area contributed by atoms with Crippen LogP contribution in [0.4, 0.5) is 0 Å². The van der Waals surface area contributed by atoms with Gasteiger partial charge in [-0.2, -0.15) is 0 Å². The molecule has 1 atom stereocenters. The van der Waals surface area contributed by atoms with E-state index in [2.05, 4.69) is 20.9 Å². The van der Waals surface area contributed by atoms with Gasteiger partial charge in [-0.05, 0) is 79.9 Å². The van der Waals surface area contributed by atoms with Crippen molar-refractivity contribution in [1.82, 2.24) is 4.57 Å². The Hall–Kier alpha value is -3.37. The number of benzene rings is 3. The number of esters is 1. The van der Waals surface area contributed by atoms with Crippen LogP contribution in [0.3, 0.4) is 0 Å². The Labute approximate surface area is 270 Å². The fourth-order valence-corrected chi connectivity index (χ4v) is 6.40. The number of carbonyl (C=O) groups is 1. The monoisotopic (exact) mass is 700 g/mol. The molecule has 0 saturated carbocycles. The topological polar surface area (TPSA) is 79.1 Å². The molecule has 1 aliphatic rings. The highest BCUT2D eigenvalue weighted by Gasteiger charge is 2.33. The van der Waals surface area contributed by atoms with Crippen molar-refractivity contribution in [2.45, 2.75) is 33.4 Å². The predicted molar refractivity (Wildman–Crippen MR) is 173 cm³/mol. The molecule has 222 valence electrons. The number of ether oxygens (including phenoxy) is 3. The summed E-state index contributed by atoms with van der Waals surface area (Å²) in [6.45, 7) is 6.33. The molecular formula is C32H27BrCl2N2O5S. The molecule has 1 aliphatic heterocycles. The molecule has 0 spiro atoms. The normalized spacial score (nSPS) is 14.7. The maximum Gasteiger partial charge on any atom is 0.338 e. The Morgan fingerprint density at radius 3 is 2.30 bits per heavy atom. The number of hydrogen-bond acceptors (Lipinski definition) is 7. The third kappa shape index (κ3) is 6.75. The quantitative estimate of drug-likeness (QED) is 0.179. The number of fused-ring (bicyclic) bond motifs is 1. The average molecular weight is 702 g/mol. The third-order valence-corrected chi connectivity index (χ3v) is 8.83. The van der Waals surface area contributed by atoms with E-state index < -0.39 is 12.0 Å². The zero-order chi connectivity index (χ0) is 30.7. The molecule has 0 bridgehead atoms. The van der Waals surface area contributed by atoms with Gasteiger partial charge in [0, 0.05) is 14.5 Å². The van der Waals surface area contributed by atoms with Crippen molar-refractivity contribution in [2.24, 2.45) is 4.99 Å². The van der Waals surface area contributed by atoms with Crippen molar-refractivity contribution in [3.8, 4) is 11.5 Å². The fraction of sp³-hybridized carbons (Fsp3) is 0.219. The lowest BCUT2D eigenvalue weighted by Gasteiger charge is -2.24. The molecule has 0 unspecified atom stereocenters. The van der Waals surface area contributed by atoms with Gasteiger partial charge in [0.2, 0.25) is 0 Å². The van der Waals surface area contributed by atoms with Gasteiger partial charge in [0.25, 0.3) is 5.56 Å². The van der Waals surface area contributed by atoms with Gasteiger partial charge in [0.05, 0.1) is 35.1 Å². The van der Waals surface area contributed by atoms with Crippen LogP contribution in [0.5, 0.6) is 11.5 Å². The molecular weight excluding hydrogens is 675 g/mol. The number of hydrogen-bond donors (Lipinski definition) is 0. The summed E-state index contributed by atoms with van der Waals surface area (Å²) in [5, 5.41) is 1.20. The Bertz CT molecular complexity index is 1880. The molecule has 0 aliphatic carbocycles. The molecule has 1 aromatic heterocycles. The van der Waals surface area contributed by atoms with E-state index in [0.717, 1.165) is 16.7 Å². The molecule has 11 heteroatoms. The van der Waals surface area contributed by atoms with Crippen molar-refractivity contribution in [3.63, 3.8) is 0 Å². The number of rotatable bonds is 9. The van der Waals surface area contributed by atoms with Crippen molar-refractivity contribution >= 4 is 62.5 Å². The molecule has 0 amide bonds. The second kappa shape index (κ2) is 13.5. The second-order valence-electron chi connectivity index (χ2n) is 9.52. The number of allylic oxidation sites excluding steroid dienone is 1. The number of thiazole rings is 1. The summed E-state index contributed by atoms with van der Waals surface area (Å²) in [5.74, 6) is 0.578. The number of carbonyl (C=O) groups excluding carboxylic acids is 1. The first-order valence-electron chi connectivity index (χ1n) is 13.5. The zero-order valence-electron chi connectivity index (χ0n) is 23.5. The highest BCUT2D eigenvalue weighted by Crippen LogP contribution is 2.35. The van der Waals surface area contributed by atoms with Gasteiger partial charge in [0.1, 0.15) is 6.61 Å². The number of aromatic nitrogens is 1. The average Bonchev–Trinajstić information content (AvgIpc) is 3.28. The Kier molecular flexibility index (Phi) is 9.76. The molecule has 43 heavy (non-hydrogen) atoms. The summed E-state index contributed by atoms with van der Waals surface area (Å²) in [6.07, 6.45) is 1.78. The lowest BCUT2D eigenvalue weighted by atomic mass is 9.96. The minimum Gasteiger partial charge on any atom is -0.490 e. The maximum absolute atomic E-state index is 14.0. The first-order valence-corrected chi connectivity index (χ1v) is 15.8. The van der Waals surface area contributed by atoms with Gasteiger partial charge in [-0.3, -0.25) is 9.36 Å². The SMILES string of the molecule is CCOC(=O)C1=C(C)N=c2s/c(=C\c3cc(OCC)c(OCc4ccc(Cl)cc4)cc3Br)c(=O)n2[C@H]1c1ccc(Cl)cc1. The van der Waals surface area contributed by atoms with Crippen LogP contribution in [0.25, 0.3) is 6.08 Å². The second-order valence-corrected chi connectivity index (χ2v) is 12.3. The van der Waals surface area contributed by atoms with Gasteiger partial charge in [-0.15, -0.1) is 0 Å². The molecule has 0 fully saturated rings. The van der Waals surface area contributed by atoms with E-state index in [-0.39, 0.29) is 12.2 Å². The van der Waals surface area contributed by atoms with Crippen LogP contribution in [0.1, 0.15) is 43.5 Å². The van der Waals surface area contributed by atoms with Crippen molar-refractivity contribution in [3.05, 3.63) is 123 Å². The van der Waals surface area contributed by atoms with Crippen LogP contribution in [-0.2, 0) is 16.1 Å². The highest BCUT2D eigenvalue weighted by atomic mass is 79.9. The smallest absolute Gasteiger partial charge is 0.338 e. The molecule has 0 saturated heterocycles. The lowest BCUT2D eigenvalue weighted by Crippen LogP contribution is -2.39. The lowest BCUT2D eigenvalue weighted by molar-refractivity contribution is -0.139. The van der Waals surface area contributed by atoms with Gasteiger partial charge >= 0.3 is 5.97 Å². The zero-order valence-corrected chi connectivity index (χ0v) is 27.4. The van der Waals surface area contributed by atoms with Crippen LogP contribution >= 0.6 is 50.5 Å².